The van der Waals surface area contributed by atoms with Crippen LogP contribution in [-0.4, -0.2) is 21.4 Å². The number of rotatable bonds is 4. The molecule has 0 aromatic heterocycles. The Morgan fingerprint density at radius 1 is 1.07 bits per heavy atom. The molecule has 0 bridgehead atoms. The number of aliphatic hydroxyl groups is 2. The summed E-state index contributed by atoms with van der Waals surface area (Å²) in [4.78, 5) is 0. The summed E-state index contributed by atoms with van der Waals surface area (Å²) in [5.41, 5.74) is -1.97. The maximum absolute atomic E-state index is 9.93. The molecule has 0 heterocycles. The Labute approximate surface area is 93.7 Å². The van der Waals surface area contributed by atoms with Gasteiger partial charge < -0.3 is 10.2 Å². The molecule has 0 radical (unpaired) electrons. The average Bonchev–Trinajstić information content (AvgIpc) is 1.99. The molecule has 0 fully saturated rings. The molecule has 0 saturated carbocycles. The fourth-order valence-electron chi connectivity index (χ4n) is 1.66. The van der Waals surface area contributed by atoms with Crippen molar-refractivity contribution in [1.82, 2.24) is 0 Å². The van der Waals surface area contributed by atoms with Gasteiger partial charge in [-0.25, -0.2) is 0 Å². The molecular weight excluding hydrogens is 188 g/mol. The summed E-state index contributed by atoms with van der Waals surface area (Å²) < 4.78 is 0. The van der Waals surface area contributed by atoms with Crippen molar-refractivity contribution in [2.45, 2.75) is 65.1 Å². The number of hydrogen-bond acceptors (Lipinski definition) is 2. The van der Waals surface area contributed by atoms with Crippen molar-refractivity contribution >= 4 is 0 Å². The van der Waals surface area contributed by atoms with Crippen LogP contribution in [0.1, 0.15) is 53.9 Å². The minimum atomic E-state index is -0.994. The van der Waals surface area contributed by atoms with Crippen LogP contribution in [0.5, 0.6) is 0 Å². The highest BCUT2D eigenvalue weighted by atomic mass is 16.3. The van der Waals surface area contributed by atoms with Crippen LogP contribution in [0, 0.1) is 17.8 Å². The fourth-order valence-corrected chi connectivity index (χ4v) is 1.66. The lowest BCUT2D eigenvalue weighted by molar-refractivity contribution is 0.0908. The minimum absolute atomic E-state index is 0.394. The van der Waals surface area contributed by atoms with Crippen molar-refractivity contribution < 1.29 is 10.2 Å². The first-order valence-corrected chi connectivity index (χ1v) is 5.67. The molecule has 2 N–H and O–H groups in total. The van der Waals surface area contributed by atoms with E-state index in [9.17, 15) is 10.2 Å². The normalized spacial score (nSPS) is 18.9. The average molecular weight is 212 g/mol. The van der Waals surface area contributed by atoms with Gasteiger partial charge in [-0.2, -0.15) is 0 Å². The molecule has 0 spiro atoms. The highest BCUT2D eigenvalue weighted by molar-refractivity contribution is 5.19. The lowest BCUT2D eigenvalue weighted by Gasteiger charge is -2.20. The molecule has 2 unspecified atom stereocenters. The predicted molar refractivity (Wildman–Crippen MR) is 63.4 cm³/mol. The molecular formula is C13H24O2. The summed E-state index contributed by atoms with van der Waals surface area (Å²) in [6.45, 7) is 9.47. The third-order valence-corrected chi connectivity index (χ3v) is 2.14. The first kappa shape index (κ1) is 14.5. The highest BCUT2D eigenvalue weighted by Crippen LogP contribution is 2.16. The van der Waals surface area contributed by atoms with Crippen LogP contribution < -0.4 is 0 Å². The van der Waals surface area contributed by atoms with Crippen LogP contribution in [0.15, 0.2) is 0 Å². The van der Waals surface area contributed by atoms with Gasteiger partial charge in [0.15, 0.2) is 0 Å². The van der Waals surface area contributed by atoms with Gasteiger partial charge in [0.2, 0.25) is 0 Å². The summed E-state index contributed by atoms with van der Waals surface area (Å²) in [5.74, 6) is 5.93. The van der Waals surface area contributed by atoms with E-state index in [4.69, 9.17) is 0 Å². The smallest absolute Gasteiger partial charge is 0.123 e. The van der Waals surface area contributed by atoms with Crippen molar-refractivity contribution in [1.29, 1.82) is 0 Å². The zero-order valence-electron chi connectivity index (χ0n) is 10.6. The van der Waals surface area contributed by atoms with Crippen LogP contribution >= 0.6 is 0 Å². The van der Waals surface area contributed by atoms with Gasteiger partial charge in [0, 0.05) is 0 Å². The van der Waals surface area contributed by atoms with E-state index in [1.54, 1.807) is 13.8 Å². The van der Waals surface area contributed by atoms with Gasteiger partial charge in [0.25, 0.3) is 0 Å². The van der Waals surface area contributed by atoms with E-state index in [0.29, 0.717) is 18.8 Å². The Morgan fingerprint density at radius 2 is 1.53 bits per heavy atom. The van der Waals surface area contributed by atoms with Gasteiger partial charge in [0.05, 0.1) is 0 Å². The van der Waals surface area contributed by atoms with E-state index in [1.165, 1.54) is 0 Å². The molecule has 0 amide bonds. The Hall–Kier alpha value is -0.520. The third kappa shape index (κ3) is 7.41. The molecule has 0 aliphatic heterocycles. The standard InChI is InChI=1S/C13H24O2/c1-6-7-12(4,14)8-9-13(5,15)10-11(2)3/h11,14-15H,6-7,10H2,1-5H3. The Balaban J connectivity index is 4.49. The summed E-state index contributed by atoms with van der Waals surface area (Å²) >= 11 is 0. The van der Waals surface area contributed by atoms with Crippen molar-refractivity contribution in [3.63, 3.8) is 0 Å². The molecule has 2 atom stereocenters. The van der Waals surface area contributed by atoms with E-state index in [2.05, 4.69) is 11.8 Å². The SMILES string of the molecule is CCCC(C)(O)C#CC(C)(O)CC(C)C. The molecule has 0 saturated heterocycles. The van der Waals surface area contributed by atoms with Crippen LogP contribution in [0.2, 0.25) is 0 Å². The molecule has 0 aromatic carbocycles. The largest absolute Gasteiger partial charge is 0.378 e. The van der Waals surface area contributed by atoms with E-state index in [-0.39, 0.29) is 0 Å². The highest BCUT2D eigenvalue weighted by Gasteiger charge is 2.21. The summed E-state index contributed by atoms with van der Waals surface area (Å²) in [5, 5.41) is 19.8. The number of hydrogen-bond donors (Lipinski definition) is 2. The van der Waals surface area contributed by atoms with Crippen LogP contribution in [0.3, 0.4) is 0 Å². The Bertz CT molecular complexity index is 241. The van der Waals surface area contributed by atoms with E-state index >= 15 is 0 Å². The second-order valence-corrected chi connectivity index (χ2v) is 5.15. The summed E-state index contributed by atoms with van der Waals surface area (Å²) in [6, 6.07) is 0. The van der Waals surface area contributed by atoms with Crippen molar-refractivity contribution in [3.05, 3.63) is 0 Å². The van der Waals surface area contributed by atoms with Crippen LogP contribution in [0.25, 0.3) is 0 Å². The lowest BCUT2D eigenvalue weighted by Crippen LogP contribution is -2.27. The van der Waals surface area contributed by atoms with Gasteiger partial charge in [-0.3, -0.25) is 0 Å². The maximum atomic E-state index is 9.93. The van der Waals surface area contributed by atoms with Gasteiger partial charge in [-0.1, -0.05) is 39.0 Å². The zero-order valence-corrected chi connectivity index (χ0v) is 10.6. The second kappa shape index (κ2) is 5.53. The van der Waals surface area contributed by atoms with E-state index in [0.717, 1.165) is 6.42 Å². The van der Waals surface area contributed by atoms with Crippen molar-refractivity contribution in [2.75, 3.05) is 0 Å². The monoisotopic (exact) mass is 212 g/mol. The summed E-state index contributed by atoms with van der Waals surface area (Å²) in [6.07, 6.45) is 2.15. The maximum Gasteiger partial charge on any atom is 0.123 e. The zero-order chi connectivity index (χ0) is 12.1. The van der Waals surface area contributed by atoms with E-state index in [1.807, 2.05) is 20.8 Å². The molecule has 88 valence electrons. The Kier molecular flexibility index (Phi) is 5.34. The molecule has 2 nitrogen and oxygen atoms in total. The summed E-state index contributed by atoms with van der Waals surface area (Å²) in [7, 11) is 0. The molecule has 0 aliphatic carbocycles. The van der Waals surface area contributed by atoms with Gasteiger partial charge in [0.1, 0.15) is 11.2 Å². The Morgan fingerprint density at radius 3 is 1.93 bits per heavy atom. The molecule has 2 heteroatoms. The van der Waals surface area contributed by atoms with Gasteiger partial charge >= 0.3 is 0 Å². The minimum Gasteiger partial charge on any atom is -0.378 e. The van der Waals surface area contributed by atoms with E-state index < -0.39 is 11.2 Å². The molecule has 0 rings (SSSR count). The van der Waals surface area contributed by atoms with Crippen LogP contribution in [0.4, 0.5) is 0 Å². The first-order valence-electron chi connectivity index (χ1n) is 5.67. The third-order valence-electron chi connectivity index (χ3n) is 2.14. The van der Waals surface area contributed by atoms with Crippen LogP contribution in [-0.2, 0) is 0 Å². The molecule has 0 aromatic rings. The predicted octanol–water partition coefficient (Wildman–Crippen LogP) is 2.34. The fraction of sp³-hybridized carbons (Fsp3) is 0.846. The second-order valence-electron chi connectivity index (χ2n) is 5.15. The topological polar surface area (TPSA) is 40.5 Å². The quantitative estimate of drug-likeness (QED) is 0.702. The molecule has 0 aliphatic rings. The van der Waals surface area contributed by atoms with Gasteiger partial charge in [-0.15, -0.1) is 0 Å². The van der Waals surface area contributed by atoms with Crippen molar-refractivity contribution in [3.8, 4) is 11.8 Å². The lowest BCUT2D eigenvalue weighted by atomic mass is 9.93. The first-order chi connectivity index (χ1) is 6.68. The molecule has 15 heavy (non-hydrogen) atoms. The van der Waals surface area contributed by atoms with Crippen molar-refractivity contribution in [2.24, 2.45) is 5.92 Å². The van der Waals surface area contributed by atoms with Gasteiger partial charge in [-0.05, 0) is 32.6 Å².